The molecule has 10 heteroatoms. The molecule has 0 radical (unpaired) electrons. The fourth-order valence-electron chi connectivity index (χ4n) is 3.12. The molecular weight excluding hydrogens is 461 g/mol. The molecule has 0 aliphatic carbocycles. The number of halogens is 1. The number of phenols is 1. The second-order valence-electron chi connectivity index (χ2n) is 7.29. The molecule has 31 heavy (non-hydrogen) atoms. The van der Waals surface area contributed by atoms with E-state index in [4.69, 9.17) is 31.9 Å². The number of rotatable bonds is 12. The molecule has 0 bridgehead atoms. The lowest BCUT2D eigenvalue weighted by Gasteiger charge is -2.29. The van der Waals surface area contributed by atoms with Crippen LogP contribution in [0.1, 0.15) is 38.7 Å². The van der Waals surface area contributed by atoms with Crippen molar-refractivity contribution in [1.29, 1.82) is 0 Å². The van der Waals surface area contributed by atoms with Crippen LogP contribution in [0.3, 0.4) is 0 Å². The highest BCUT2D eigenvalue weighted by atomic mass is 35.5. The Kier molecular flexibility index (Phi) is 9.70. The molecule has 0 fully saturated rings. The van der Waals surface area contributed by atoms with Gasteiger partial charge in [0.15, 0.2) is 0 Å². The van der Waals surface area contributed by atoms with Gasteiger partial charge in [0.05, 0.1) is 18.1 Å². The van der Waals surface area contributed by atoms with Crippen molar-refractivity contribution in [2.75, 3.05) is 13.2 Å². The first-order valence-electron chi connectivity index (χ1n) is 9.96. The maximum Gasteiger partial charge on any atom is 0.469 e. The van der Waals surface area contributed by atoms with Crippen LogP contribution in [-0.4, -0.2) is 33.6 Å². The van der Waals surface area contributed by atoms with E-state index in [9.17, 15) is 9.67 Å². The maximum absolute atomic E-state index is 11.0. The summed E-state index contributed by atoms with van der Waals surface area (Å²) in [6.07, 6.45) is 2.32. The minimum absolute atomic E-state index is 0.159. The maximum atomic E-state index is 11.0. The van der Waals surface area contributed by atoms with E-state index < -0.39 is 13.4 Å². The standard InChI is InChI=1S/C21H29ClNO6PS/c1-3-10-21(23,14-29-30(25,26)27)11-9-15-5-7-17(13-18(15)22)31-20-12-16(28-4-2)6-8-19(20)24/h5-8,12-13,24H,3-4,9-11,14,23H2,1-2H3,(H2,25,26,27)/t21-/m0/s1. The molecule has 0 heterocycles. The number of aromatic hydroxyl groups is 1. The van der Waals surface area contributed by atoms with E-state index in [1.54, 1.807) is 18.2 Å². The molecule has 1 atom stereocenters. The summed E-state index contributed by atoms with van der Waals surface area (Å²) in [5, 5.41) is 10.7. The third-order valence-electron chi connectivity index (χ3n) is 4.65. The first-order chi connectivity index (χ1) is 14.5. The normalized spacial score (nSPS) is 13.7. The van der Waals surface area contributed by atoms with Crippen LogP contribution in [0.4, 0.5) is 0 Å². The van der Waals surface area contributed by atoms with Crippen molar-refractivity contribution in [3.8, 4) is 11.5 Å². The SMILES string of the molecule is CCC[C@](N)(CCc1ccc(Sc2cc(OCC)ccc2O)cc1Cl)COP(=O)(O)O. The van der Waals surface area contributed by atoms with Gasteiger partial charge < -0.3 is 25.4 Å². The minimum Gasteiger partial charge on any atom is -0.507 e. The van der Waals surface area contributed by atoms with Crippen molar-refractivity contribution in [2.45, 2.75) is 54.9 Å². The topological polar surface area (TPSA) is 122 Å². The molecule has 0 amide bonds. The van der Waals surface area contributed by atoms with Crippen molar-refractivity contribution in [1.82, 2.24) is 0 Å². The number of phosphoric acid groups is 1. The molecular formula is C21H29ClNO6PS. The number of benzene rings is 2. The average Bonchev–Trinajstić information content (AvgIpc) is 2.68. The fourth-order valence-corrected chi connectivity index (χ4v) is 4.80. The van der Waals surface area contributed by atoms with E-state index in [-0.39, 0.29) is 12.4 Å². The van der Waals surface area contributed by atoms with E-state index in [1.807, 2.05) is 32.0 Å². The molecule has 0 unspecified atom stereocenters. The lowest BCUT2D eigenvalue weighted by Crippen LogP contribution is -2.44. The van der Waals surface area contributed by atoms with Crippen molar-refractivity contribution < 1.29 is 28.7 Å². The summed E-state index contributed by atoms with van der Waals surface area (Å²) in [6, 6.07) is 10.7. The lowest BCUT2D eigenvalue weighted by molar-refractivity contribution is 0.141. The molecule has 0 aromatic heterocycles. The second kappa shape index (κ2) is 11.6. The van der Waals surface area contributed by atoms with Gasteiger partial charge in [-0.3, -0.25) is 4.52 Å². The quantitative estimate of drug-likeness (QED) is 0.302. The molecule has 2 rings (SSSR count). The van der Waals surface area contributed by atoms with Crippen LogP contribution in [0.25, 0.3) is 0 Å². The molecule has 0 aliphatic rings. The number of nitrogens with two attached hydrogens (primary N) is 1. The molecule has 0 saturated heterocycles. The summed E-state index contributed by atoms with van der Waals surface area (Å²) in [7, 11) is -4.58. The van der Waals surface area contributed by atoms with E-state index in [0.29, 0.717) is 41.5 Å². The highest BCUT2D eigenvalue weighted by Gasteiger charge is 2.28. The van der Waals surface area contributed by atoms with Crippen LogP contribution >= 0.6 is 31.2 Å². The molecule has 0 saturated carbocycles. The number of hydrogen-bond acceptors (Lipinski definition) is 6. The molecule has 2 aromatic carbocycles. The van der Waals surface area contributed by atoms with Gasteiger partial charge in [0.25, 0.3) is 0 Å². The van der Waals surface area contributed by atoms with Crippen molar-refractivity contribution in [3.63, 3.8) is 0 Å². The van der Waals surface area contributed by atoms with Gasteiger partial charge >= 0.3 is 7.82 Å². The second-order valence-corrected chi connectivity index (χ2v) is 10.1. The molecule has 5 N–H and O–H groups in total. The number of hydrogen-bond donors (Lipinski definition) is 4. The zero-order valence-electron chi connectivity index (χ0n) is 17.6. The monoisotopic (exact) mass is 489 g/mol. The molecule has 172 valence electrons. The summed E-state index contributed by atoms with van der Waals surface area (Å²) in [5.41, 5.74) is 6.36. The van der Waals surface area contributed by atoms with Gasteiger partial charge in [-0.25, -0.2) is 4.57 Å². The first kappa shape index (κ1) is 26.0. The predicted octanol–water partition coefficient (Wildman–Crippen LogP) is 5.14. The summed E-state index contributed by atoms with van der Waals surface area (Å²) < 4.78 is 21.2. The number of ether oxygens (including phenoxy) is 1. The van der Waals surface area contributed by atoms with Crippen LogP contribution < -0.4 is 10.5 Å². The highest BCUT2D eigenvalue weighted by molar-refractivity contribution is 7.99. The minimum atomic E-state index is -4.58. The van der Waals surface area contributed by atoms with Crippen molar-refractivity contribution >= 4 is 31.2 Å². The fraction of sp³-hybridized carbons (Fsp3) is 0.429. The van der Waals surface area contributed by atoms with E-state index in [1.165, 1.54) is 11.8 Å². The Hall–Kier alpha value is -1.25. The summed E-state index contributed by atoms with van der Waals surface area (Å²) in [5.74, 6) is 0.837. The smallest absolute Gasteiger partial charge is 0.469 e. The summed E-state index contributed by atoms with van der Waals surface area (Å²) in [6.45, 7) is 4.16. The number of aryl methyl sites for hydroxylation is 1. The lowest BCUT2D eigenvalue weighted by atomic mass is 9.89. The Bertz CT molecular complexity index is 925. The van der Waals surface area contributed by atoms with Crippen LogP contribution in [0.5, 0.6) is 11.5 Å². The van der Waals surface area contributed by atoms with Crippen LogP contribution in [0.2, 0.25) is 5.02 Å². The van der Waals surface area contributed by atoms with Gasteiger partial charge in [0.2, 0.25) is 0 Å². The number of phosphoric ester groups is 1. The third-order valence-corrected chi connectivity index (χ3v) is 6.51. The Morgan fingerprint density at radius 3 is 2.52 bits per heavy atom. The molecule has 2 aromatic rings. The Morgan fingerprint density at radius 2 is 1.90 bits per heavy atom. The Labute approximate surface area is 192 Å². The largest absolute Gasteiger partial charge is 0.507 e. The van der Waals surface area contributed by atoms with Crippen molar-refractivity contribution in [2.24, 2.45) is 5.73 Å². The summed E-state index contributed by atoms with van der Waals surface area (Å²) in [4.78, 5) is 19.5. The van der Waals surface area contributed by atoms with E-state index in [0.717, 1.165) is 16.9 Å². The van der Waals surface area contributed by atoms with Crippen LogP contribution in [0, 0.1) is 0 Å². The van der Waals surface area contributed by atoms with Gasteiger partial charge in [-0.2, -0.15) is 0 Å². The van der Waals surface area contributed by atoms with Crippen LogP contribution in [0.15, 0.2) is 46.2 Å². The predicted molar refractivity (Wildman–Crippen MR) is 123 cm³/mol. The van der Waals surface area contributed by atoms with Crippen LogP contribution in [-0.2, 0) is 15.5 Å². The third kappa shape index (κ3) is 8.66. The van der Waals surface area contributed by atoms with Crippen molar-refractivity contribution in [3.05, 3.63) is 47.0 Å². The van der Waals surface area contributed by atoms with Gasteiger partial charge in [0.1, 0.15) is 11.5 Å². The van der Waals surface area contributed by atoms with E-state index >= 15 is 0 Å². The van der Waals surface area contributed by atoms with Gasteiger partial charge in [0, 0.05) is 15.5 Å². The summed E-state index contributed by atoms with van der Waals surface area (Å²) >= 11 is 7.85. The molecule has 0 spiro atoms. The molecule has 0 aliphatic heterocycles. The van der Waals surface area contributed by atoms with Gasteiger partial charge in [-0.1, -0.05) is 42.8 Å². The average molecular weight is 490 g/mol. The zero-order chi connectivity index (χ0) is 23.1. The highest BCUT2D eigenvalue weighted by Crippen LogP contribution is 2.39. The van der Waals surface area contributed by atoms with Gasteiger partial charge in [-0.05, 0) is 62.1 Å². The Balaban J connectivity index is 2.08. The molecule has 7 nitrogen and oxygen atoms in total. The van der Waals surface area contributed by atoms with E-state index in [2.05, 4.69) is 4.52 Å². The zero-order valence-corrected chi connectivity index (χ0v) is 20.1. The van der Waals surface area contributed by atoms with Gasteiger partial charge in [-0.15, -0.1) is 0 Å². The number of phenolic OH excluding ortho intramolecular Hbond substituents is 1. The Morgan fingerprint density at radius 1 is 1.16 bits per heavy atom. The first-order valence-corrected chi connectivity index (χ1v) is 12.7.